The van der Waals surface area contributed by atoms with Crippen LogP contribution < -0.4 is 15.4 Å². The Bertz CT molecular complexity index is 429. The number of nitrogens with one attached hydrogen (secondary N) is 2. The van der Waals surface area contributed by atoms with Crippen LogP contribution in [0.15, 0.2) is 28.7 Å². The van der Waals surface area contributed by atoms with Gasteiger partial charge in [-0.15, -0.1) is 0 Å². The minimum atomic E-state index is -0.675. The van der Waals surface area contributed by atoms with Gasteiger partial charge in [-0.3, -0.25) is 4.79 Å². The van der Waals surface area contributed by atoms with Crippen LogP contribution in [0.2, 0.25) is 0 Å². The van der Waals surface area contributed by atoms with E-state index in [1.807, 2.05) is 31.2 Å². The van der Waals surface area contributed by atoms with E-state index in [0.717, 1.165) is 4.47 Å². The number of ether oxygens (including phenoxy) is 1. The first-order valence-electron chi connectivity index (χ1n) is 6.60. The van der Waals surface area contributed by atoms with Crippen molar-refractivity contribution >= 4 is 21.8 Å². The largest absolute Gasteiger partial charge is 0.491 e. The number of rotatable bonds is 8. The summed E-state index contributed by atoms with van der Waals surface area (Å²) in [5.74, 6) is 0.614. The highest BCUT2D eigenvalue weighted by Gasteiger charge is 2.13. The molecule has 0 aliphatic rings. The lowest BCUT2D eigenvalue weighted by Gasteiger charge is -2.17. The smallest absolute Gasteiger partial charge is 0.236 e. The monoisotopic (exact) mass is 344 g/mol. The van der Waals surface area contributed by atoms with E-state index in [1.165, 1.54) is 0 Å². The standard InChI is InChI=1S/C14H21BrN2O3/c1-3-16-14(19)10(2)17-8-12(18)9-20-13-6-4-5-11(15)7-13/h4-7,10,12,17-18H,3,8-9H2,1-2H3,(H,16,19). The fraction of sp³-hybridized carbons (Fsp3) is 0.500. The van der Waals surface area contributed by atoms with Crippen LogP contribution in [0, 0.1) is 0 Å². The van der Waals surface area contributed by atoms with E-state index in [9.17, 15) is 9.90 Å². The Kier molecular flexibility index (Phi) is 7.58. The van der Waals surface area contributed by atoms with E-state index < -0.39 is 6.10 Å². The predicted octanol–water partition coefficient (Wildman–Crippen LogP) is 1.30. The molecule has 0 fully saturated rings. The first-order valence-corrected chi connectivity index (χ1v) is 7.39. The zero-order valence-electron chi connectivity index (χ0n) is 11.7. The van der Waals surface area contributed by atoms with Crippen molar-refractivity contribution in [2.24, 2.45) is 0 Å². The Balaban J connectivity index is 2.26. The van der Waals surface area contributed by atoms with E-state index in [4.69, 9.17) is 4.74 Å². The molecule has 1 rings (SSSR count). The minimum Gasteiger partial charge on any atom is -0.491 e. The zero-order chi connectivity index (χ0) is 15.0. The molecule has 20 heavy (non-hydrogen) atoms. The maximum atomic E-state index is 11.5. The lowest BCUT2D eigenvalue weighted by atomic mass is 10.3. The topological polar surface area (TPSA) is 70.6 Å². The van der Waals surface area contributed by atoms with Gasteiger partial charge in [-0.1, -0.05) is 22.0 Å². The normalized spacial score (nSPS) is 13.6. The summed E-state index contributed by atoms with van der Waals surface area (Å²) in [5.41, 5.74) is 0. The summed E-state index contributed by atoms with van der Waals surface area (Å²) >= 11 is 3.35. The second-order valence-electron chi connectivity index (χ2n) is 4.45. The molecule has 0 aliphatic carbocycles. The third-order valence-corrected chi connectivity index (χ3v) is 3.14. The van der Waals surface area contributed by atoms with Crippen molar-refractivity contribution in [2.45, 2.75) is 26.0 Å². The van der Waals surface area contributed by atoms with Crippen LogP contribution in [0.3, 0.4) is 0 Å². The fourth-order valence-corrected chi connectivity index (χ4v) is 1.92. The summed E-state index contributed by atoms with van der Waals surface area (Å²) in [6.07, 6.45) is -0.675. The van der Waals surface area contributed by atoms with Crippen molar-refractivity contribution in [3.05, 3.63) is 28.7 Å². The average molecular weight is 345 g/mol. The number of carbonyl (C=O) groups excluding carboxylic acids is 1. The number of aliphatic hydroxyl groups excluding tert-OH is 1. The van der Waals surface area contributed by atoms with Gasteiger partial charge in [0.05, 0.1) is 6.04 Å². The SMILES string of the molecule is CCNC(=O)C(C)NCC(O)COc1cccc(Br)c1. The molecule has 3 N–H and O–H groups in total. The molecule has 1 aromatic carbocycles. The number of carbonyl (C=O) groups is 1. The van der Waals surface area contributed by atoms with Gasteiger partial charge in [0.25, 0.3) is 0 Å². The molecule has 0 saturated heterocycles. The van der Waals surface area contributed by atoms with Crippen LogP contribution in [0.1, 0.15) is 13.8 Å². The van der Waals surface area contributed by atoms with Crippen LogP contribution in [0.25, 0.3) is 0 Å². The van der Waals surface area contributed by atoms with Gasteiger partial charge in [-0.05, 0) is 32.0 Å². The van der Waals surface area contributed by atoms with E-state index >= 15 is 0 Å². The molecule has 1 aromatic rings. The highest BCUT2D eigenvalue weighted by Crippen LogP contribution is 2.17. The van der Waals surface area contributed by atoms with Crippen molar-refractivity contribution < 1.29 is 14.6 Å². The summed E-state index contributed by atoms with van der Waals surface area (Å²) in [6, 6.07) is 7.08. The molecule has 112 valence electrons. The molecule has 6 heteroatoms. The van der Waals surface area contributed by atoms with E-state index in [2.05, 4.69) is 26.6 Å². The number of halogens is 1. The molecule has 0 bridgehead atoms. The van der Waals surface area contributed by atoms with E-state index in [1.54, 1.807) is 6.92 Å². The first-order chi connectivity index (χ1) is 9.52. The van der Waals surface area contributed by atoms with Crippen molar-refractivity contribution in [3.63, 3.8) is 0 Å². The van der Waals surface area contributed by atoms with Crippen molar-refractivity contribution in [1.82, 2.24) is 10.6 Å². The molecule has 0 spiro atoms. The van der Waals surface area contributed by atoms with Gasteiger partial charge in [0.1, 0.15) is 18.5 Å². The average Bonchev–Trinajstić information content (AvgIpc) is 2.42. The van der Waals surface area contributed by atoms with Crippen LogP contribution in [-0.4, -0.2) is 42.9 Å². The van der Waals surface area contributed by atoms with Crippen molar-refractivity contribution in [3.8, 4) is 5.75 Å². The zero-order valence-corrected chi connectivity index (χ0v) is 13.3. The first kappa shape index (κ1) is 16.9. The molecule has 2 atom stereocenters. The number of benzene rings is 1. The molecule has 0 aliphatic heterocycles. The van der Waals surface area contributed by atoms with Crippen LogP contribution in [0.5, 0.6) is 5.75 Å². The molecule has 0 saturated carbocycles. The summed E-state index contributed by atoms with van der Waals surface area (Å²) in [4.78, 5) is 11.5. The highest BCUT2D eigenvalue weighted by atomic mass is 79.9. The van der Waals surface area contributed by atoms with Crippen LogP contribution in [0.4, 0.5) is 0 Å². The molecular weight excluding hydrogens is 324 g/mol. The van der Waals surface area contributed by atoms with Gasteiger partial charge in [0.2, 0.25) is 5.91 Å². The van der Waals surface area contributed by atoms with Gasteiger partial charge >= 0.3 is 0 Å². The Labute approximate surface area is 127 Å². The molecule has 0 radical (unpaired) electrons. The Morgan fingerprint density at radius 3 is 2.90 bits per heavy atom. The lowest BCUT2D eigenvalue weighted by Crippen LogP contribution is -2.45. The lowest BCUT2D eigenvalue weighted by molar-refractivity contribution is -0.122. The van der Waals surface area contributed by atoms with Crippen molar-refractivity contribution in [1.29, 1.82) is 0 Å². The molecule has 5 nitrogen and oxygen atoms in total. The number of likely N-dealkylation sites (N-methyl/N-ethyl adjacent to an activating group) is 1. The summed E-state index contributed by atoms with van der Waals surface area (Å²) < 4.78 is 6.39. The molecule has 1 amide bonds. The fourth-order valence-electron chi connectivity index (χ4n) is 1.54. The number of hydrogen-bond donors (Lipinski definition) is 3. The number of amides is 1. The van der Waals surface area contributed by atoms with Crippen LogP contribution in [-0.2, 0) is 4.79 Å². The minimum absolute atomic E-state index is 0.0763. The molecule has 2 unspecified atom stereocenters. The quantitative estimate of drug-likeness (QED) is 0.664. The van der Waals surface area contributed by atoms with Gasteiger partial charge < -0.3 is 20.5 Å². The maximum absolute atomic E-state index is 11.5. The molecule has 0 aromatic heterocycles. The predicted molar refractivity (Wildman–Crippen MR) is 81.8 cm³/mol. The summed E-state index contributed by atoms with van der Waals surface area (Å²) in [7, 11) is 0. The second-order valence-corrected chi connectivity index (χ2v) is 5.36. The van der Waals surface area contributed by atoms with Gasteiger partial charge in [-0.25, -0.2) is 0 Å². The number of hydrogen-bond acceptors (Lipinski definition) is 4. The Morgan fingerprint density at radius 2 is 2.25 bits per heavy atom. The Morgan fingerprint density at radius 1 is 1.50 bits per heavy atom. The third kappa shape index (κ3) is 6.36. The van der Waals surface area contributed by atoms with E-state index in [0.29, 0.717) is 18.8 Å². The second kappa shape index (κ2) is 8.94. The highest BCUT2D eigenvalue weighted by molar-refractivity contribution is 9.10. The third-order valence-electron chi connectivity index (χ3n) is 2.64. The van der Waals surface area contributed by atoms with Crippen molar-refractivity contribution in [2.75, 3.05) is 19.7 Å². The maximum Gasteiger partial charge on any atom is 0.236 e. The van der Waals surface area contributed by atoms with Gasteiger partial charge in [0.15, 0.2) is 0 Å². The summed E-state index contributed by atoms with van der Waals surface area (Å²) in [6.45, 7) is 4.69. The Hall–Kier alpha value is -1.11. The van der Waals surface area contributed by atoms with Crippen LogP contribution >= 0.6 is 15.9 Å². The summed E-state index contributed by atoms with van der Waals surface area (Å²) in [5, 5.41) is 15.5. The van der Waals surface area contributed by atoms with E-state index in [-0.39, 0.29) is 18.6 Å². The van der Waals surface area contributed by atoms with Gasteiger partial charge in [-0.2, -0.15) is 0 Å². The van der Waals surface area contributed by atoms with Gasteiger partial charge in [0, 0.05) is 17.6 Å². The number of aliphatic hydroxyl groups is 1. The molecule has 0 heterocycles. The molecular formula is C14H21BrN2O3.